The zero-order valence-electron chi connectivity index (χ0n) is 17.3. The number of aromatic hydroxyl groups is 2. The molecule has 1 aromatic heterocycles. The number of aliphatic hydroxyl groups is 4. The summed E-state index contributed by atoms with van der Waals surface area (Å²) in [5.74, 6) is -0.871. The van der Waals surface area contributed by atoms with Gasteiger partial charge in [0.05, 0.1) is 13.7 Å². The van der Waals surface area contributed by atoms with E-state index in [0.717, 1.165) is 0 Å². The summed E-state index contributed by atoms with van der Waals surface area (Å²) >= 11 is 0. The highest BCUT2D eigenvalue weighted by molar-refractivity contribution is 5.88. The van der Waals surface area contributed by atoms with Crippen LogP contribution in [-0.2, 0) is 4.74 Å². The third-order valence-corrected chi connectivity index (χ3v) is 5.35. The molecule has 2 heterocycles. The van der Waals surface area contributed by atoms with Crippen LogP contribution in [0.15, 0.2) is 45.6 Å². The molecular weight excluding hydrogens is 440 g/mol. The molecule has 0 amide bonds. The lowest BCUT2D eigenvalue weighted by Crippen LogP contribution is -2.60. The lowest BCUT2D eigenvalue weighted by Gasteiger charge is -2.39. The average Bonchev–Trinajstić information content (AvgIpc) is 2.80. The van der Waals surface area contributed by atoms with Crippen LogP contribution in [-0.4, -0.2) is 75.1 Å². The van der Waals surface area contributed by atoms with E-state index < -0.39 is 54.2 Å². The normalized spacial score (nSPS) is 25.2. The van der Waals surface area contributed by atoms with Crippen LogP contribution in [0.5, 0.6) is 23.0 Å². The summed E-state index contributed by atoms with van der Waals surface area (Å²) in [6.07, 6.45) is -8.07. The number of hydrogen-bond donors (Lipinski definition) is 6. The zero-order chi connectivity index (χ0) is 23.9. The van der Waals surface area contributed by atoms with Crippen LogP contribution in [0.2, 0.25) is 0 Å². The fraction of sp³-hybridized carbons (Fsp3) is 0.318. The van der Waals surface area contributed by atoms with E-state index in [2.05, 4.69) is 0 Å². The minimum Gasteiger partial charge on any atom is -0.508 e. The van der Waals surface area contributed by atoms with E-state index >= 15 is 0 Å². The van der Waals surface area contributed by atoms with E-state index in [0.29, 0.717) is 5.56 Å². The van der Waals surface area contributed by atoms with Gasteiger partial charge in [0.2, 0.25) is 17.5 Å². The van der Waals surface area contributed by atoms with Crippen molar-refractivity contribution in [3.05, 3.63) is 46.6 Å². The molecule has 4 rings (SSSR count). The number of fused-ring (bicyclic) bond motifs is 1. The summed E-state index contributed by atoms with van der Waals surface area (Å²) in [7, 11) is 1.37. The van der Waals surface area contributed by atoms with Crippen molar-refractivity contribution in [3.8, 4) is 34.3 Å². The number of rotatable bonds is 5. The first kappa shape index (κ1) is 22.8. The molecule has 2 unspecified atom stereocenters. The molecule has 11 heteroatoms. The maximum Gasteiger partial charge on any atom is 0.239 e. The van der Waals surface area contributed by atoms with Crippen molar-refractivity contribution in [3.63, 3.8) is 0 Å². The summed E-state index contributed by atoms with van der Waals surface area (Å²) in [4.78, 5) is 13.4. The molecule has 0 bridgehead atoms. The number of phenolic OH excluding ortho intramolecular Hbond substituents is 2. The van der Waals surface area contributed by atoms with Crippen LogP contribution in [0.1, 0.15) is 0 Å². The topological polar surface area (TPSA) is 179 Å². The van der Waals surface area contributed by atoms with Crippen LogP contribution < -0.4 is 14.9 Å². The summed E-state index contributed by atoms with van der Waals surface area (Å²) in [6, 6.07) is 8.18. The molecule has 5 atom stereocenters. The Bertz CT molecular complexity index is 1200. The Balaban J connectivity index is 1.89. The van der Waals surface area contributed by atoms with E-state index in [4.69, 9.17) is 18.6 Å². The molecule has 0 saturated carbocycles. The maximum atomic E-state index is 13.4. The first-order chi connectivity index (χ1) is 15.7. The predicted molar refractivity (Wildman–Crippen MR) is 112 cm³/mol. The van der Waals surface area contributed by atoms with E-state index in [1.807, 2.05) is 0 Å². The third kappa shape index (κ3) is 4.08. The van der Waals surface area contributed by atoms with Crippen LogP contribution in [0.3, 0.4) is 0 Å². The van der Waals surface area contributed by atoms with Gasteiger partial charge in [-0.25, -0.2) is 0 Å². The average molecular weight is 462 g/mol. The molecular formula is C22H22O11. The van der Waals surface area contributed by atoms with Gasteiger partial charge in [-0.3, -0.25) is 4.79 Å². The lowest BCUT2D eigenvalue weighted by molar-refractivity contribution is -0.277. The lowest BCUT2D eigenvalue weighted by atomic mass is 9.99. The van der Waals surface area contributed by atoms with Gasteiger partial charge in [-0.05, 0) is 24.3 Å². The Labute approximate surface area is 186 Å². The monoisotopic (exact) mass is 462 g/mol. The second kappa shape index (κ2) is 8.89. The highest BCUT2D eigenvalue weighted by Crippen LogP contribution is 2.37. The highest BCUT2D eigenvalue weighted by Gasteiger charge is 2.45. The van der Waals surface area contributed by atoms with Crippen LogP contribution in [0.4, 0.5) is 0 Å². The fourth-order valence-electron chi connectivity index (χ4n) is 3.57. The van der Waals surface area contributed by atoms with Crippen molar-refractivity contribution >= 4 is 11.0 Å². The Kier molecular flexibility index (Phi) is 6.15. The van der Waals surface area contributed by atoms with Crippen molar-refractivity contribution in [1.29, 1.82) is 0 Å². The Morgan fingerprint density at radius 3 is 2.33 bits per heavy atom. The minimum atomic E-state index is -1.78. The first-order valence-corrected chi connectivity index (χ1v) is 9.89. The quantitative estimate of drug-likeness (QED) is 0.302. The molecule has 2 aromatic carbocycles. The van der Waals surface area contributed by atoms with Crippen LogP contribution in [0, 0.1) is 0 Å². The molecule has 1 saturated heterocycles. The fourth-order valence-corrected chi connectivity index (χ4v) is 3.57. The van der Waals surface area contributed by atoms with E-state index in [9.17, 15) is 35.4 Å². The number of ether oxygens (including phenoxy) is 3. The SMILES string of the molecule is COc1cc(O)c2c(=O)c(O[C@H]3O[C@H](CO)[C@H](O)C(O)C3O)c(-c3ccc(O)cc3)oc2c1. The Morgan fingerprint density at radius 1 is 1.00 bits per heavy atom. The number of aliphatic hydroxyl groups excluding tert-OH is 4. The molecule has 176 valence electrons. The summed E-state index contributed by atoms with van der Waals surface area (Å²) in [5.41, 5.74) is -0.550. The van der Waals surface area contributed by atoms with Gasteiger partial charge in [0.15, 0.2) is 5.76 Å². The van der Waals surface area contributed by atoms with Gasteiger partial charge >= 0.3 is 0 Å². The van der Waals surface area contributed by atoms with Gasteiger partial charge in [0, 0.05) is 17.7 Å². The molecule has 1 fully saturated rings. The first-order valence-electron chi connectivity index (χ1n) is 9.89. The van der Waals surface area contributed by atoms with Crippen LogP contribution >= 0.6 is 0 Å². The van der Waals surface area contributed by atoms with Gasteiger partial charge in [-0.15, -0.1) is 0 Å². The van der Waals surface area contributed by atoms with Crippen molar-refractivity contribution in [2.45, 2.75) is 30.7 Å². The number of phenols is 2. The molecule has 0 spiro atoms. The molecule has 1 aliphatic rings. The molecule has 0 radical (unpaired) electrons. The summed E-state index contributed by atoms with van der Waals surface area (Å²) < 4.78 is 21.9. The molecule has 3 aromatic rings. The Morgan fingerprint density at radius 2 is 1.70 bits per heavy atom. The number of methoxy groups -OCH3 is 1. The second-order valence-corrected chi connectivity index (χ2v) is 7.47. The molecule has 33 heavy (non-hydrogen) atoms. The largest absolute Gasteiger partial charge is 0.508 e. The standard InChI is InChI=1S/C22H22O11/c1-30-11-6-12(25)15-13(7-11)31-20(9-2-4-10(24)5-3-9)21(17(15)27)33-22-19(29)18(28)16(26)14(8-23)32-22/h2-7,14,16,18-19,22-26,28-29H,8H2,1H3/t14-,16+,18?,19?,22-/m1/s1. The number of benzene rings is 2. The molecule has 6 N–H and O–H groups in total. The maximum absolute atomic E-state index is 13.4. The van der Waals surface area contributed by atoms with Crippen molar-refractivity contribution in [2.75, 3.05) is 13.7 Å². The van der Waals surface area contributed by atoms with E-state index in [-0.39, 0.29) is 28.2 Å². The zero-order valence-corrected chi connectivity index (χ0v) is 17.3. The second-order valence-electron chi connectivity index (χ2n) is 7.47. The van der Waals surface area contributed by atoms with Gasteiger partial charge in [0.25, 0.3) is 0 Å². The molecule has 1 aliphatic heterocycles. The third-order valence-electron chi connectivity index (χ3n) is 5.35. The highest BCUT2D eigenvalue weighted by atomic mass is 16.7. The van der Waals surface area contributed by atoms with Crippen LogP contribution in [0.25, 0.3) is 22.3 Å². The molecule has 0 aliphatic carbocycles. The smallest absolute Gasteiger partial charge is 0.239 e. The van der Waals surface area contributed by atoms with Gasteiger partial charge < -0.3 is 49.3 Å². The Hall–Kier alpha value is -3.35. The van der Waals surface area contributed by atoms with Gasteiger partial charge in [-0.2, -0.15) is 0 Å². The van der Waals surface area contributed by atoms with Gasteiger partial charge in [-0.1, -0.05) is 0 Å². The van der Waals surface area contributed by atoms with Crippen molar-refractivity contribution < 1.29 is 49.3 Å². The molecule has 11 nitrogen and oxygen atoms in total. The van der Waals surface area contributed by atoms with Crippen molar-refractivity contribution in [1.82, 2.24) is 0 Å². The van der Waals surface area contributed by atoms with E-state index in [1.54, 1.807) is 0 Å². The van der Waals surface area contributed by atoms with Gasteiger partial charge in [0.1, 0.15) is 52.6 Å². The summed E-state index contributed by atoms with van der Waals surface area (Å²) in [5, 5.41) is 59.5. The van der Waals surface area contributed by atoms with E-state index in [1.165, 1.54) is 43.5 Å². The minimum absolute atomic E-state index is 0.0268. The van der Waals surface area contributed by atoms with Crippen molar-refractivity contribution in [2.24, 2.45) is 0 Å². The predicted octanol–water partition coefficient (Wildman–Crippen LogP) is 0.0585. The summed E-state index contributed by atoms with van der Waals surface area (Å²) in [6.45, 7) is -0.692. The number of hydrogen-bond acceptors (Lipinski definition) is 11.